The Labute approximate surface area is 188 Å². The fourth-order valence-electron chi connectivity index (χ4n) is 3.85. The Bertz CT molecular complexity index is 1060. The van der Waals surface area contributed by atoms with E-state index in [1.54, 1.807) is 7.11 Å². The number of benzene rings is 2. The molecule has 7 heteroatoms. The van der Waals surface area contributed by atoms with Crippen LogP contribution in [0.4, 0.5) is 0 Å². The molecule has 0 bridgehead atoms. The van der Waals surface area contributed by atoms with Crippen LogP contribution in [0.2, 0.25) is 0 Å². The number of nitrogens with one attached hydrogen (secondary N) is 1. The quantitative estimate of drug-likeness (QED) is 0.487. The first kappa shape index (κ1) is 21.9. The van der Waals surface area contributed by atoms with Gasteiger partial charge in [-0.1, -0.05) is 30.6 Å². The minimum atomic E-state index is -0.0795. The summed E-state index contributed by atoms with van der Waals surface area (Å²) in [5.41, 5.74) is 2.62. The van der Waals surface area contributed by atoms with E-state index in [2.05, 4.69) is 22.4 Å². The molecule has 1 aliphatic heterocycles. The standard InChI is InChI=1S/C25H29N3O4/c1-16-17(2)31-23-20(16)8-7-9-21(23)25(29)26-15-6-4-5-10-22-27-24(28-32-22)18-11-13-19(30-3)14-12-18/h7-9,11-14,16-17H,4-6,10,15H2,1-3H3,(H,26,29). The van der Waals surface area contributed by atoms with Crippen molar-refractivity contribution in [3.63, 3.8) is 0 Å². The summed E-state index contributed by atoms with van der Waals surface area (Å²) >= 11 is 0. The molecule has 32 heavy (non-hydrogen) atoms. The highest BCUT2D eigenvalue weighted by atomic mass is 16.5. The van der Waals surface area contributed by atoms with Crippen LogP contribution in [-0.4, -0.2) is 35.8 Å². The molecule has 0 saturated carbocycles. The predicted molar refractivity (Wildman–Crippen MR) is 121 cm³/mol. The number of unbranched alkanes of at least 4 members (excludes halogenated alkanes) is 2. The summed E-state index contributed by atoms with van der Waals surface area (Å²) in [5, 5.41) is 7.07. The van der Waals surface area contributed by atoms with Crippen molar-refractivity contribution in [2.45, 2.75) is 51.6 Å². The maximum Gasteiger partial charge on any atom is 0.255 e. The summed E-state index contributed by atoms with van der Waals surface area (Å²) in [6.45, 7) is 4.78. The smallest absolute Gasteiger partial charge is 0.255 e. The molecule has 1 aliphatic rings. The molecule has 1 aromatic heterocycles. The van der Waals surface area contributed by atoms with Crippen molar-refractivity contribution in [1.29, 1.82) is 0 Å². The molecule has 1 N–H and O–H groups in total. The molecule has 2 unspecified atom stereocenters. The van der Waals surface area contributed by atoms with Crippen molar-refractivity contribution < 1.29 is 18.8 Å². The van der Waals surface area contributed by atoms with Crippen molar-refractivity contribution >= 4 is 5.91 Å². The maximum atomic E-state index is 12.6. The number of hydrogen-bond acceptors (Lipinski definition) is 6. The fourth-order valence-corrected chi connectivity index (χ4v) is 3.85. The summed E-state index contributed by atoms with van der Waals surface area (Å²) < 4.78 is 16.4. The van der Waals surface area contributed by atoms with Gasteiger partial charge in [0, 0.05) is 30.0 Å². The second kappa shape index (κ2) is 9.85. The number of fused-ring (bicyclic) bond motifs is 1. The Morgan fingerprint density at radius 2 is 1.91 bits per heavy atom. The Balaban J connectivity index is 1.19. The number of amides is 1. The van der Waals surface area contributed by atoms with Crippen LogP contribution >= 0.6 is 0 Å². The van der Waals surface area contributed by atoms with E-state index in [9.17, 15) is 4.79 Å². The van der Waals surface area contributed by atoms with E-state index in [1.807, 2.05) is 49.4 Å². The molecule has 0 radical (unpaired) electrons. The molecule has 168 valence electrons. The van der Waals surface area contributed by atoms with Crippen molar-refractivity contribution in [2.24, 2.45) is 0 Å². The number of para-hydroxylation sites is 1. The van der Waals surface area contributed by atoms with Gasteiger partial charge >= 0.3 is 0 Å². The van der Waals surface area contributed by atoms with E-state index in [0.29, 0.717) is 36.2 Å². The van der Waals surface area contributed by atoms with Gasteiger partial charge in [0.05, 0.1) is 12.7 Å². The number of aryl methyl sites for hydroxylation is 1. The van der Waals surface area contributed by atoms with Crippen molar-refractivity contribution in [1.82, 2.24) is 15.5 Å². The number of ether oxygens (including phenoxy) is 2. The third kappa shape index (κ3) is 4.77. The van der Waals surface area contributed by atoms with E-state index in [-0.39, 0.29) is 12.0 Å². The number of hydrogen-bond donors (Lipinski definition) is 1. The number of methoxy groups -OCH3 is 1. The highest BCUT2D eigenvalue weighted by Gasteiger charge is 2.30. The Morgan fingerprint density at radius 3 is 2.69 bits per heavy atom. The Kier molecular flexibility index (Phi) is 6.73. The zero-order valence-corrected chi connectivity index (χ0v) is 18.8. The lowest BCUT2D eigenvalue weighted by atomic mass is 9.97. The number of nitrogens with zero attached hydrogens (tertiary/aromatic N) is 2. The van der Waals surface area contributed by atoms with Crippen molar-refractivity contribution in [3.05, 3.63) is 59.5 Å². The van der Waals surface area contributed by atoms with Crippen LogP contribution < -0.4 is 14.8 Å². The van der Waals surface area contributed by atoms with Gasteiger partial charge in [-0.15, -0.1) is 0 Å². The summed E-state index contributed by atoms with van der Waals surface area (Å²) in [6, 6.07) is 13.4. The fraction of sp³-hybridized carbons (Fsp3) is 0.400. The van der Waals surface area contributed by atoms with Gasteiger partial charge in [-0.05, 0) is 50.1 Å². The second-order valence-electron chi connectivity index (χ2n) is 8.14. The molecule has 2 heterocycles. The van der Waals surface area contributed by atoms with Gasteiger partial charge in [0.2, 0.25) is 11.7 Å². The molecule has 2 atom stereocenters. The molecule has 0 fully saturated rings. The first-order valence-electron chi connectivity index (χ1n) is 11.1. The van der Waals surface area contributed by atoms with Gasteiger partial charge in [0.25, 0.3) is 5.91 Å². The van der Waals surface area contributed by atoms with Crippen LogP contribution in [0.1, 0.15) is 60.8 Å². The molecule has 4 rings (SSSR count). The number of carbonyl (C=O) groups is 1. The minimum absolute atomic E-state index is 0.0795. The Morgan fingerprint density at radius 1 is 1.09 bits per heavy atom. The molecule has 7 nitrogen and oxygen atoms in total. The van der Waals surface area contributed by atoms with Gasteiger partial charge in [-0.2, -0.15) is 4.98 Å². The van der Waals surface area contributed by atoms with Gasteiger partial charge in [-0.25, -0.2) is 0 Å². The van der Waals surface area contributed by atoms with Crippen molar-refractivity contribution in [2.75, 3.05) is 13.7 Å². The van der Waals surface area contributed by atoms with E-state index >= 15 is 0 Å². The van der Waals surface area contributed by atoms with Gasteiger partial charge in [0.1, 0.15) is 17.6 Å². The Hall–Kier alpha value is -3.35. The molecular weight excluding hydrogens is 406 g/mol. The lowest BCUT2D eigenvalue weighted by Crippen LogP contribution is -2.25. The van der Waals surface area contributed by atoms with E-state index < -0.39 is 0 Å². The highest BCUT2D eigenvalue weighted by molar-refractivity contribution is 5.97. The average molecular weight is 436 g/mol. The van der Waals surface area contributed by atoms with Crippen LogP contribution in [0.5, 0.6) is 11.5 Å². The van der Waals surface area contributed by atoms with Gasteiger partial charge in [-0.3, -0.25) is 4.79 Å². The maximum absolute atomic E-state index is 12.6. The molecule has 0 spiro atoms. The monoisotopic (exact) mass is 435 g/mol. The summed E-state index contributed by atoms with van der Waals surface area (Å²) in [4.78, 5) is 17.1. The number of aromatic nitrogens is 2. The topological polar surface area (TPSA) is 86.5 Å². The van der Waals surface area contributed by atoms with Crippen LogP contribution in [0.3, 0.4) is 0 Å². The minimum Gasteiger partial charge on any atom is -0.497 e. The van der Waals surface area contributed by atoms with Crippen molar-refractivity contribution in [3.8, 4) is 22.9 Å². The summed E-state index contributed by atoms with van der Waals surface area (Å²) in [7, 11) is 1.63. The van der Waals surface area contributed by atoms with E-state index in [4.69, 9.17) is 14.0 Å². The molecule has 0 aliphatic carbocycles. The second-order valence-corrected chi connectivity index (χ2v) is 8.14. The first-order chi connectivity index (χ1) is 15.6. The SMILES string of the molecule is COc1ccc(-c2noc(CCCCCNC(=O)c3cccc4c3OC(C)C4C)n2)cc1. The third-order valence-electron chi connectivity index (χ3n) is 5.96. The highest BCUT2D eigenvalue weighted by Crippen LogP contribution is 2.40. The van der Waals surface area contributed by atoms with Crippen LogP contribution in [0.25, 0.3) is 11.4 Å². The zero-order chi connectivity index (χ0) is 22.5. The lowest BCUT2D eigenvalue weighted by Gasteiger charge is -2.10. The van der Waals surface area contributed by atoms with Gasteiger partial charge < -0.3 is 19.3 Å². The predicted octanol–water partition coefficient (Wildman–Crippen LogP) is 4.77. The molecule has 3 aromatic rings. The molecule has 2 aromatic carbocycles. The molecular formula is C25H29N3O4. The molecule has 1 amide bonds. The van der Waals surface area contributed by atoms with Crippen LogP contribution in [-0.2, 0) is 6.42 Å². The largest absolute Gasteiger partial charge is 0.497 e. The van der Waals surface area contributed by atoms with E-state index in [0.717, 1.165) is 41.9 Å². The summed E-state index contributed by atoms with van der Waals surface area (Å²) in [5.74, 6) is 2.94. The lowest BCUT2D eigenvalue weighted by molar-refractivity contribution is 0.0948. The average Bonchev–Trinajstić information content (AvgIpc) is 3.40. The van der Waals surface area contributed by atoms with Crippen LogP contribution in [0.15, 0.2) is 47.0 Å². The molecule has 0 saturated heterocycles. The van der Waals surface area contributed by atoms with Gasteiger partial charge in [0.15, 0.2) is 0 Å². The number of carbonyl (C=O) groups excluding carboxylic acids is 1. The first-order valence-corrected chi connectivity index (χ1v) is 11.1. The van der Waals surface area contributed by atoms with E-state index in [1.165, 1.54) is 0 Å². The summed E-state index contributed by atoms with van der Waals surface area (Å²) in [6.07, 6.45) is 3.56. The number of rotatable bonds is 9. The normalized spacial score (nSPS) is 17.0. The zero-order valence-electron chi connectivity index (χ0n) is 18.8. The van der Waals surface area contributed by atoms with Crippen LogP contribution in [0, 0.1) is 0 Å². The third-order valence-corrected chi connectivity index (χ3v) is 5.96.